The number of hydrogen-bond acceptors (Lipinski definition) is 3. The van der Waals surface area contributed by atoms with Crippen LogP contribution in [-0.4, -0.2) is 18.3 Å². The Hall–Kier alpha value is 0.239. The maximum atomic E-state index is 7.81. The van der Waals surface area contributed by atoms with Crippen LogP contribution in [0.25, 0.3) is 0 Å². The fraction of sp³-hybridized carbons (Fsp3) is 1.00. The van der Waals surface area contributed by atoms with Gasteiger partial charge in [0.05, 0.1) is 6.61 Å². The summed E-state index contributed by atoms with van der Waals surface area (Å²) in [6.45, 7) is 0.472. The third-order valence-corrected chi connectivity index (χ3v) is 0.129. The normalized spacial score (nSPS) is 6.00. The first kappa shape index (κ1) is 9.53. The van der Waals surface area contributed by atoms with Crippen molar-refractivity contribution >= 4 is 0 Å². The molecule has 6 heavy (non-hydrogen) atoms. The molecule has 0 aliphatic heterocycles. The first-order valence-electron chi connectivity index (χ1n) is 1.35. The summed E-state index contributed by atoms with van der Waals surface area (Å²) in [6, 6.07) is 0. The molecule has 0 spiro atoms. The predicted molar refractivity (Wildman–Crippen MR) is 16.8 cm³/mol. The van der Waals surface area contributed by atoms with Crippen molar-refractivity contribution in [3.8, 4) is 0 Å². The summed E-state index contributed by atoms with van der Waals surface area (Å²) in [5, 5.41) is 7.75. The third kappa shape index (κ3) is 29.0. The summed E-state index contributed by atoms with van der Waals surface area (Å²) in [6.07, 6.45) is 0. The van der Waals surface area contributed by atoms with Crippen molar-refractivity contribution in [3.63, 3.8) is 0 Å². The van der Waals surface area contributed by atoms with Crippen molar-refractivity contribution in [3.05, 3.63) is 0 Å². The Labute approximate surface area is 44.5 Å². The Bertz CT molecular complexity index is 19.0. The van der Waals surface area contributed by atoms with Crippen LogP contribution >= 0.6 is 0 Å². The fourth-order valence-electron chi connectivity index (χ4n) is 0. The summed E-state index contributed by atoms with van der Waals surface area (Å²) >= 11 is 2.94. The molecule has 0 saturated carbocycles. The van der Waals surface area contributed by atoms with E-state index in [1.165, 1.54) is 0 Å². The van der Waals surface area contributed by atoms with Gasteiger partial charge in [0.2, 0.25) is 0 Å². The van der Waals surface area contributed by atoms with Crippen LogP contribution in [0.1, 0.15) is 0 Å². The summed E-state index contributed by atoms with van der Waals surface area (Å²) in [7, 11) is 0. The van der Waals surface area contributed by atoms with E-state index >= 15 is 0 Å². The topological polar surface area (TPSA) is 63.3 Å². The number of hydrogen-bond donors (Lipinski definition) is 2. The molecule has 0 unspecified atom stereocenters. The van der Waals surface area contributed by atoms with Gasteiger partial charge in [0.15, 0.2) is 0 Å². The van der Waals surface area contributed by atoms with Crippen LogP contribution in [0.15, 0.2) is 0 Å². The molecule has 0 fully saturated rings. The molecule has 0 aromatic rings. The van der Waals surface area contributed by atoms with Gasteiger partial charge in [-0.3, -0.25) is 0 Å². The fourth-order valence-corrected chi connectivity index (χ4v) is 0. The first-order chi connectivity index (χ1) is 2.91. The van der Waals surface area contributed by atoms with Gasteiger partial charge in [0, 0.05) is 6.54 Å². The molecular weight excluding hydrogens is 134 g/mol. The molecule has 0 heterocycles. The Morgan fingerprint density at radius 2 is 1.83 bits per heavy atom. The maximum absolute atomic E-state index is 7.81. The average Bonchev–Trinajstić information content (AvgIpc) is 1.72. The number of rotatable bonds is 1. The molecule has 3 nitrogen and oxygen atoms in total. The zero-order valence-corrected chi connectivity index (χ0v) is 4.09. The van der Waals surface area contributed by atoms with Gasteiger partial charge in [-0.15, -0.1) is 0 Å². The first-order valence-corrected chi connectivity index (χ1v) is 1.73. The standard InChI is InChI=1S/C2H7NO.Cu.O/c3-1-2-4;;/h4H,1-3H2;;. The molecule has 0 atom stereocenters. The zero-order chi connectivity index (χ0) is 5.41. The zero-order valence-electron chi connectivity index (χ0n) is 3.15. The van der Waals surface area contributed by atoms with Crippen LogP contribution in [0, 0.1) is 0 Å². The molecule has 0 radical (unpaired) electrons. The van der Waals surface area contributed by atoms with Crippen LogP contribution in [-0.2, 0) is 19.8 Å². The molecule has 0 amide bonds. The van der Waals surface area contributed by atoms with Crippen molar-refractivity contribution in [1.29, 1.82) is 0 Å². The summed E-state index contributed by atoms with van der Waals surface area (Å²) in [5.74, 6) is 0. The monoisotopic (exact) mass is 140 g/mol. The minimum atomic E-state index is 0.0972. The van der Waals surface area contributed by atoms with E-state index < -0.39 is 0 Å². The molecule has 43 valence electrons. The molecule has 0 bridgehead atoms. The summed E-state index contributed by atoms with van der Waals surface area (Å²) in [4.78, 5) is 0. The van der Waals surface area contributed by atoms with Crippen LogP contribution < -0.4 is 5.73 Å². The van der Waals surface area contributed by atoms with Crippen LogP contribution in [0.3, 0.4) is 0 Å². The van der Waals surface area contributed by atoms with Gasteiger partial charge < -0.3 is 10.8 Å². The van der Waals surface area contributed by atoms with Gasteiger partial charge in [-0.2, -0.15) is 0 Å². The molecule has 0 rings (SSSR count). The predicted octanol–water partition coefficient (Wildman–Crippen LogP) is -1.18. The van der Waals surface area contributed by atoms with Gasteiger partial charge in [0.1, 0.15) is 0 Å². The van der Waals surface area contributed by atoms with E-state index in [4.69, 9.17) is 14.7 Å². The van der Waals surface area contributed by atoms with Crippen LogP contribution in [0.2, 0.25) is 0 Å². The molecular formula is C2H7CuNO2. The van der Waals surface area contributed by atoms with Gasteiger partial charge in [-0.05, 0) is 0 Å². The van der Waals surface area contributed by atoms with E-state index in [0.29, 0.717) is 6.54 Å². The molecule has 0 aliphatic carbocycles. The summed E-state index contributed by atoms with van der Waals surface area (Å²) in [5.41, 5.74) is 4.78. The molecule has 0 aromatic carbocycles. The van der Waals surface area contributed by atoms with E-state index in [0.717, 1.165) is 0 Å². The van der Waals surface area contributed by atoms with E-state index in [-0.39, 0.29) is 6.61 Å². The van der Waals surface area contributed by atoms with Gasteiger partial charge in [-0.25, -0.2) is 0 Å². The number of aliphatic hydroxyl groups is 1. The average molecular weight is 141 g/mol. The Kier molecular flexibility index (Phi) is 29.8. The SMILES string of the molecule is NCCO.[O]=[Cu]. The number of nitrogens with two attached hydrogens (primary N) is 1. The molecule has 3 N–H and O–H groups in total. The van der Waals surface area contributed by atoms with E-state index in [9.17, 15) is 0 Å². The van der Waals surface area contributed by atoms with Crippen LogP contribution in [0.5, 0.6) is 0 Å². The van der Waals surface area contributed by atoms with Gasteiger partial charge in [0.25, 0.3) is 0 Å². The van der Waals surface area contributed by atoms with Crippen molar-refractivity contribution in [1.82, 2.24) is 0 Å². The minimum absolute atomic E-state index is 0.0972. The molecule has 4 heteroatoms. The quantitative estimate of drug-likeness (QED) is 0.451. The molecule has 0 aliphatic rings. The number of aliphatic hydroxyl groups excluding tert-OH is 1. The van der Waals surface area contributed by atoms with Gasteiger partial charge >= 0.3 is 19.8 Å². The summed E-state index contributed by atoms with van der Waals surface area (Å²) < 4.78 is 7.81. The molecule has 0 aromatic heterocycles. The molecule has 0 saturated heterocycles. The van der Waals surface area contributed by atoms with Crippen molar-refractivity contribution < 1.29 is 24.9 Å². The van der Waals surface area contributed by atoms with Crippen LogP contribution in [0.4, 0.5) is 0 Å². The van der Waals surface area contributed by atoms with Crippen molar-refractivity contribution in [2.75, 3.05) is 13.2 Å². The van der Waals surface area contributed by atoms with Crippen molar-refractivity contribution in [2.45, 2.75) is 0 Å². The third-order valence-electron chi connectivity index (χ3n) is 0.129. The van der Waals surface area contributed by atoms with E-state index in [2.05, 4.69) is 15.9 Å². The second kappa shape index (κ2) is 18.8. The second-order valence-corrected chi connectivity index (χ2v) is 0.512. The Morgan fingerprint density at radius 3 is 1.83 bits per heavy atom. The Morgan fingerprint density at radius 1 is 1.67 bits per heavy atom. The van der Waals surface area contributed by atoms with Gasteiger partial charge in [-0.1, -0.05) is 0 Å². The second-order valence-electron chi connectivity index (χ2n) is 0.512. The van der Waals surface area contributed by atoms with E-state index in [1.54, 1.807) is 0 Å². The van der Waals surface area contributed by atoms with Crippen molar-refractivity contribution in [2.24, 2.45) is 5.73 Å². The Balaban J connectivity index is 0. The van der Waals surface area contributed by atoms with E-state index in [1.807, 2.05) is 0 Å².